The number of hydrogen-bond acceptors (Lipinski definition) is 5. The summed E-state index contributed by atoms with van der Waals surface area (Å²) in [7, 11) is 1.56. The van der Waals surface area contributed by atoms with E-state index in [1.165, 1.54) is 0 Å². The van der Waals surface area contributed by atoms with E-state index in [0.29, 0.717) is 46.0 Å². The molecule has 0 unspecified atom stereocenters. The van der Waals surface area contributed by atoms with E-state index in [-0.39, 0.29) is 25.4 Å². The lowest BCUT2D eigenvalue weighted by atomic mass is 9.86. The zero-order valence-electron chi connectivity index (χ0n) is 17.4. The Hall–Kier alpha value is -2.99. The van der Waals surface area contributed by atoms with Crippen LogP contribution in [0.25, 0.3) is 11.3 Å². The minimum absolute atomic E-state index is 0.0269. The number of H-pyrrole nitrogens is 1. The Bertz CT molecular complexity index is 1150. The first kappa shape index (κ1) is 22.2. The van der Waals surface area contributed by atoms with Gasteiger partial charge in [-0.05, 0) is 53.0 Å². The molecule has 1 aliphatic carbocycles. The lowest BCUT2D eigenvalue weighted by Crippen LogP contribution is -2.24. The third-order valence-electron chi connectivity index (χ3n) is 5.61. The Labute approximate surface area is 192 Å². The van der Waals surface area contributed by atoms with Crippen molar-refractivity contribution in [2.24, 2.45) is 0 Å². The molecule has 2 aromatic heterocycles. The van der Waals surface area contributed by atoms with Crippen LogP contribution >= 0.6 is 15.9 Å². The van der Waals surface area contributed by atoms with Crippen molar-refractivity contribution in [1.82, 2.24) is 15.0 Å². The van der Waals surface area contributed by atoms with Crippen molar-refractivity contribution in [3.63, 3.8) is 0 Å². The number of nitriles is 1. The van der Waals surface area contributed by atoms with Gasteiger partial charge in [0.15, 0.2) is 0 Å². The molecule has 1 saturated carbocycles. The van der Waals surface area contributed by atoms with Gasteiger partial charge < -0.3 is 14.5 Å². The van der Waals surface area contributed by atoms with Gasteiger partial charge in [0.2, 0.25) is 5.92 Å². The molecule has 2 heterocycles. The number of nitrogens with zero attached hydrogens (tertiary/aromatic N) is 3. The molecular weight excluding hydrogens is 482 g/mol. The number of aromatic nitrogens is 3. The van der Waals surface area contributed by atoms with Gasteiger partial charge in [-0.3, -0.25) is 4.98 Å². The molecule has 0 bridgehead atoms. The van der Waals surface area contributed by atoms with Crippen LogP contribution in [-0.2, 0) is 6.61 Å². The third kappa shape index (κ3) is 4.75. The standard InChI is InChI=1S/C23H21BrF2N4O2/c1-31-19-11-16(32-13-18-15(12-27)3-2-10-28-18)4-5-17(19)20-21(24)30-22(29-20)14-6-8-23(25,26)9-7-14/h2-5,10-11,14H,6-9,13H2,1H3,(H,29,30). The van der Waals surface area contributed by atoms with Crippen molar-refractivity contribution in [1.29, 1.82) is 5.26 Å². The fraction of sp³-hybridized carbons (Fsp3) is 0.348. The normalized spacial score (nSPS) is 15.8. The second-order valence-corrected chi connectivity index (χ2v) is 8.43. The van der Waals surface area contributed by atoms with Crippen LogP contribution in [-0.4, -0.2) is 28.0 Å². The number of alkyl halides is 2. The van der Waals surface area contributed by atoms with E-state index in [4.69, 9.17) is 9.47 Å². The minimum Gasteiger partial charge on any atom is -0.496 e. The van der Waals surface area contributed by atoms with E-state index in [1.54, 1.807) is 37.6 Å². The van der Waals surface area contributed by atoms with Crippen molar-refractivity contribution in [2.45, 2.75) is 44.1 Å². The molecular formula is C23H21BrF2N4O2. The van der Waals surface area contributed by atoms with Crippen LogP contribution in [0, 0.1) is 11.3 Å². The molecule has 1 aromatic carbocycles. The Balaban J connectivity index is 1.53. The summed E-state index contributed by atoms with van der Waals surface area (Å²) in [5, 5.41) is 9.19. The summed E-state index contributed by atoms with van der Waals surface area (Å²) in [6.45, 7) is 0.149. The smallest absolute Gasteiger partial charge is 0.248 e. The number of benzene rings is 1. The molecule has 0 atom stereocenters. The molecule has 32 heavy (non-hydrogen) atoms. The summed E-state index contributed by atoms with van der Waals surface area (Å²) >= 11 is 3.49. The van der Waals surface area contributed by atoms with Gasteiger partial charge in [-0.2, -0.15) is 5.26 Å². The predicted molar refractivity (Wildman–Crippen MR) is 118 cm³/mol. The summed E-state index contributed by atoms with van der Waals surface area (Å²) in [6, 6.07) is 10.9. The molecule has 1 N–H and O–H groups in total. The van der Waals surface area contributed by atoms with Crippen LogP contribution in [0.1, 0.15) is 48.7 Å². The molecule has 0 aliphatic heterocycles. The molecule has 0 saturated heterocycles. The van der Waals surface area contributed by atoms with Crippen LogP contribution in [0.15, 0.2) is 41.1 Å². The van der Waals surface area contributed by atoms with Gasteiger partial charge in [-0.1, -0.05) is 0 Å². The Morgan fingerprint density at radius 2 is 2.06 bits per heavy atom. The maximum atomic E-state index is 13.5. The zero-order valence-corrected chi connectivity index (χ0v) is 19.0. The van der Waals surface area contributed by atoms with Crippen molar-refractivity contribution in [2.75, 3.05) is 7.11 Å². The lowest BCUT2D eigenvalue weighted by Gasteiger charge is -2.26. The molecule has 0 radical (unpaired) electrons. The summed E-state index contributed by atoms with van der Waals surface area (Å²) < 4.78 is 39.0. The maximum Gasteiger partial charge on any atom is 0.248 e. The molecule has 166 valence electrons. The van der Waals surface area contributed by atoms with Gasteiger partial charge in [0, 0.05) is 36.6 Å². The van der Waals surface area contributed by atoms with Gasteiger partial charge in [0.05, 0.1) is 24.1 Å². The molecule has 6 nitrogen and oxygen atoms in total. The highest BCUT2D eigenvalue weighted by molar-refractivity contribution is 9.10. The fourth-order valence-corrected chi connectivity index (χ4v) is 4.33. The summed E-state index contributed by atoms with van der Waals surface area (Å²) in [5.74, 6) is -0.781. The minimum atomic E-state index is -2.58. The van der Waals surface area contributed by atoms with Crippen molar-refractivity contribution < 1.29 is 18.3 Å². The highest BCUT2D eigenvalue weighted by Crippen LogP contribution is 2.42. The number of aromatic amines is 1. The number of halogens is 3. The second-order valence-electron chi connectivity index (χ2n) is 7.68. The Kier molecular flexibility index (Phi) is 6.42. The number of pyridine rings is 1. The largest absolute Gasteiger partial charge is 0.496 e. The molecule has 0 spiro atoms. The molecule has 9 heteroatoms. The van der Waals surface area contributed by atoms with Crippen LogP contribution in [0.4, 0.5) is 8.78 Å². The Morgan fingerprint density at radius 3 is 2.78 bits per heavy atom. The van der Waals surface area contributed by atoms with Crippen molar-refractivity contribution in [3.05, 3.63) is 58.2 Å². The van der Waals surface area contributed by atoms with Crippen LogP contribution < -0.4 is 9.47 Å². The first-order chi connectivity index (χ1) is 15.4. The third-order valence-corrected chi connectivity index (χ3v) is 6.18. The average molecular weight is 503 g/mol. The number of rotatable bonds is 6. The van der Waals surface area contributed by atoms with Gasteiger partial charge in [0.25, 0.3) is 0 Å². The quantitative estimate of drug-likeness (QED) is 0.447. The van der Waals surface area contributed by atoms with Crippen LogP contribution in [0.5, 0.6) is 11.5 Å². The highest BCUT2D eigenvalue weighted by atomic mass is 79.9. The highest BCUT2D eigenvalue weighted by Gasteiger charge is 2.36. The number of ether oxygens (including phenoxy) is 2. The van der Waals surface area contributed by atoms with Crippen LogP contribution in [0.3, 0.4) is 0 Å². The number of hydrogen-bond donors (Lipinski definition) is 1. The van der Waals surface area contributed by atoms with Crippen molar-refractivity contribution >= 4 is 15.9 Å². The Morgan fingerprint density at radius 1 is 1.28 bits per heavy atom. The zero-order chi connectivity index (χ0) is 22.7. The van der Waals surface area contributed by atoms with Gasteiger partial charge >= 0.3 is 0 Å². The van der Waals surface area contributed by atoms with Gasteiger partial charge in [0.1, 0.15) is 34.6 Å². The first-order valence-electron chi connectivity index (χ1n) is 10.2. The van der Waals surface area contributed by atoms with E-state index in [2.05, 4.69) is 37.0 Å². The average Bonchev–Trinajstić information content (AvgIpc) is 3.18. The topological polar surface area (TPSA) is 83.8 Å². The van der Waals surface area contributed by atoms with E-state index < -0.39 is 5.92 Å². The number of methoxy groups -OCH3 is 1. The summed E-state index contributed by atoms with van der Waals surface area (Å²) in [5.41, 5.74) is 2.50. The first-order valence-corrected chi connectivity index (χ1v) is 11.0. The van der Waals surface area contributed by atoms with E-state index in [1.807, 2.05) is 6.07 Å². The lowest BCUT2D eigenvalue weighted by molar-refractivity contribution is -0.0387. The molecule has 3 aromatic rings. The fourth-order valence-electron chi connectivity index (χ4n) is 3.83. The van der Waals surface area contributed by atoms with E-state index in [0.717, 1.165) is 11.3 Å². The summed E-state index contributed by atoms with van der Waals surface area (Å²) in [6.07, 6.45) is 2.17. The molecule has 1 aliphatic rings. The molecule has 0 amide bonds. The monoisotopic (exact) mass is 502 g/mol. The summed E-state index contributed by atoms with van der Waals surface area (Å²) in [4.78, 5) is 12.0. The van der Waals surface area contributed by atoms with E-state index in [9.17, 15) is 14.0 Å². The van der Waals surface area contributed by atoms with E-state index >= 15 is 0 Å². The maximum absolute atomic E-state index is 13.5. The second kappa shape index (κ2) is 9.25. The van der Waals surface area contributed by atoms with Gasteiger partial charge in [-0.15, -0.1) is 0 Å². The molecule has 1 fully saturated rings. The number of imidazole rings is 1. The number of nitrogens with one attached hydrogen (secondary N) is 1. The predicted octanol–water partition coefficient (Wildman–Crippen LogP) is 5.99. The SMILES string of the molecule is COc1cc(OCc2ncccc2C#N)ccc1-c1[nH]c(C2CCC(F)(F)CC2)nc1Br. The van der Waals surface area contributed by atoms with Crippen molar-refractivity contribution in [3.8, 4) is 28.8 Å². The molecule has 4 rings (SSSR count). The van der Waals surface area contributed by atoms with Crippen LogP contribution in [0.2, 0.25) is 0 Å². The van der Waals surface area contributed by atoms with Gasteiger partial charge in [-0.25, -0.2) is 13.8 Å².